The molecule has 5 heteroatoms. The minimum atomic E-state index is -4.52. The Kier molecular flexibility index (Phi) is 5.28. The Labute approximate surface area is 162 Å². The van der Waals surface area contributed by atoms with E-state index < -0.39 is 17.6 Å². The molecular weight excluding hydrogens is 366 g/mol. The van der Waals surface area contributed by atoms with Crippen LogP contribution >= 0.6 is 0 Å². The van der Waals surface area contributed by atoms with Crippen LogP contribution in [0.3, 0.4) is 0 Å². The fourth-order valence-corrected chi connectivity index (χ4v) is 4.49. The second-order valence-corrected chi connectivity index (χ2v) is 7.82. The van der Waals surface area contributed by atoms with Crippen molar-refractivity contribution in [1.29, 1.82) is 0 Å². The molecule has 0 spiro atoms. The molecule has 0 radical (unpaired) electrons. The Morgan fingerprint density at radius 1 is 1.00 bits per heavy atom. The normalized spacial score (nSPS) is 22.8. The second kappa shape index (κ2) is 7.70. The van der Waals surface area contributed by atoms with Crippen molar-refractivity contribution in [3.63, 3.8) is 0 Å². The molecule has 1 nitrogen and oxygen atoms in total. The van der Waals surface area contributed by atoms with E-state index in [1.165, 1.54) is 18.1 Å². The quantitative estimate of drug-likeness (QED) is 0.448. The number of nitrogens with zero attached hydrogens (tertiary/aromatic N) is 1. The standard InChI is InChI=1S/C23H23F4N/c24-22-14-19(23(25,26)27)10-9-18(22)11-17-12-20-7-4-8-21(13-17)28(20)15-16-5-2-1-3-6-16/h1-3,5-6,9-10,12,14,20-21H,4,7-8,11,13,15H2. The first-order chi connectivity index (χ1) is 13.4. The average molecular weight is 389 g/mol. The van der Waals surface area contributed by atoms with Gasteiger partial charge < -0.3 is 0 Å². The lowest BCUT2D eigenvalue weighted by Crippen LogP contribution is -2.48. The van der Waals surface area contributed by atoms with Gasteiger partial charge in [0.2, 0.25) is 0 Å². The van der Waals surface area contributed by atoms with Crippen molar-refractivity contribution < 1.29 is 17.6 Å². The molecule has 2 heterocycles. The number of benzene rings is 2. The van der Waals surface area contributed by atoms with Gasteiger partial charge in [-0.2, -0.15) is 13.2 Å². The van der Waals surface area contributed by atoms with Gasteiger partial charge in [0.25, 0.3) is 0 Å². The van der Waals surface area contributed by atoms with E-state index in [4.69, 9.17) is 0 Å². The van der Waals surface area contributed by atoms with E-state index in [1.54, 1.807) is 0 Å². The molecule has 1 fully saturated rings. The lowest BCUT2D eigenvalue weighted by molar-refractivity contribution is -0.137. The van der Waals surface area contributed by atoms with Crippen molar-refractivity contribution in [2.45, 2.75) is 56.9 Å². The maximum absolute atomic E-state index is 14.3. The SMILES string of the molecule is Fc1cc(C(F)(F)F)ccc1CC1=CC2CCCC(C1)N2Cc1ccccc1. The molecule has 2 aliphatic rings. The molecule has 2 aromatic rings. The Hall–Kier alpha value is -2.14. The molecule has 1 saturated heterocycles. The van der Waals surface area contributed by atoms with Crippen LogP contribution in [0.5, 0.6) is 0 Å². The van der Waals surface area contributed by atoms with E-state index in [0.717, 1.165) is 37.4 Å². The maximum atomic E-state index is 14.3. The molecule has 148 valence electrons. The fraction of sp³-hybridized carbons (Fsp3) is 0.391. The highest BCUT2D eigenvalue weighted by atomic mass is 19.4. The Bertz CT molecular complexity index is 857. The second-order valence-electron chi connectivity index (χ2n) is 7.82. The highest BCUT2D eigenvalue weighted by Crippen LogP contribution is 2.36. The maximum Gasteiger partial charge on any atom is 0.416 e. The van der Waals surface area contributed by atoms with Gasteiger partial charge >= 0.3 is 6.18 Å². The van der Waals surface area contributed by atoms with Gasteiger partial charge in [-0.15, -0.1) is 0 Å². The van der Waals surface area contributed by atoms with Crippen molar-refractivity contribution in [3.8, 4) is 0 Å². The van der Waals surface area contributed by atoms with E-state index in [9.17, 15) is 17.6 Å². The van der Waals surface area contributed by atoms with Crippen LogP contribution in [0.15, 0.2) is 60.2 Å². The highest BCUT2D eigenvalue weighted by Gasteiger charge is 2.34. The van der Waals surface area contributed by atoms with Crippen LogP contribution in [-0.2, 0) is 19.1 Å². The summed E-state index contributed by atoms with van der Waals surface area (Å²) in [7, 11) is 0. The summed E-state index contributed by atoms with van der Waals surface area (Å²) in [6.45, 7) is 0.897. The summed E-state index contributed by atoms with van der Waals surface area (Å²) >= 11 is 0. The van der Waals surface area contributed by atoms with Gasteiger partial charge in [0.05, 0.1) is 5.56 Å². The zero-order valence-corrected chi connectivity index (χ0v) is 15.6. The van der Waals surface area contributed by atoms with Gasteiger partial charge in [-0.3, -0.25) is 4.90 Å². The summed E-state index contributed by atoms with van der Waals surface area (Å²) in [5.74, 6) is -0.771. The van der Waals surface area contributed by atoms with Crippen molar-refractivity contribution in [2.75, 3.05) is 0 Å². The third kappa shape index (κ3) is 4.14. The average Bonchev–Trinajstić information content (AvgIpc) is 2.64. The predicted octanol–water partition coefficient (Wildman–Crippen LogP) is 6.14. The van der Waals surface area contributed by atoms with Gasteiger partial charge in [-0.1, -0.05) is 54.5 Å². The summed E-state index contributed by atoms with van der Waals surface area (Å²) < 4.78 is 52.5. The predicted molar refractivity (Wildman–Crippen MR) is 101 cm³/mol. The minimum Gasteiger partial charge on any atom is -0.289 e. The number of halogens is 4. The van der Waals surface area contributed by atoms with Crippen molar-refractivity contribution in [3.05, 3.63) is 82.7 Å². The van der Waals surface area contributed by atoms with Crippen LogP contribution in [0.4, 0.5) is 17.6 Å². The van der Waals surface area contributed by atoms with Crippen LogP contribution in [0.1, 0.15) is 42.4 Å². The number of piperidine rings is 1. The number of hydrogen-bond donors (Lipinski definition) is 0. The van der Waals surface area contributed by atoms with Gasteiger partial charge in [-0.25, -0.2) is 4.39 Å². The van der Waals surface area contributed by atoms with E-state index in [-0.39, 0.29) is 0 Å². The molecule has 0 N–H and O–H groups in total. The Balaban J connectivity index is 1.51. The van der Waals surface area contributed by atoms with Crippen LogP contribution < -0.4 is 0 Å². The van der Waals surface area contributed by atoms with Gasteiger partial charge in [0, 0.05) is 18.6 Å². The van der Waals surface area contributed by atoms with Crippen molar-refractivity contribution in [1.82, 2.24) is 4.90 Å². The van der Waals surface area contributed by atoms with Gasteiger partial charge in [0.1, 0.15) is 5.82 Å². The minimum absolute atomic E-state index is 0.320. The smallest absolute Gasteiger partial charge is 0.289 e. The molecule has 2 aliphatic heterocycles. The van der Waals surface area contributed by atoms with E-state index in [1.807, 2.05) is 18.2 Å². The largest absolute Gasteiger partial charge is 0.416 e. The summed E-state index contributed by atoms with van der Waals surface area (Å²) in [6.07, 6.45) is 2.30. The first-order valence-corrected chi connectivity index (χ1v) is 9.75. The van der Waals surface area contributed by atoms with Crippen LogP contribution in [0, 0.1) is 5.82 Å². The number of rotatable bonds is 4. The monoisotopic (exact) mass is 389 g/mol. The first kappa shape index (κ1) is 19.2. The Morgan fingerprint density at radius 2 is 1.79 bits per heavy atom. The van der Waals surface area contributed by atoms with Crippen molar-refractivity contribution in [2.24, 2.45) is 0 Å². The number of fused-ring (bicyclic) bond motifs is 2. The van der Waals surface area contributed by atoms with Gasteiger partial charge in [-0.05, 0) is 48.9 Å². The zero-order valence-electron chi connectivity index (χ0n) is 15.6. The molecule has 0 aliphatic carbocycles. The van der Waals surface area contributed by atoms with Crippen LogP contribution in [0.25, 0.3) is 0 Å². The number of hydrogen-bond acceptors (Lipinski definition) is 1. The first-order valence-electron chi connectivity index (χ1n) is 9.75. The molecule has 0 amide bonds. The van der Waals surface area contributed by atoms with Crippen molar-refractivity contribution >= 4 is 0 Å². The summed E-state index contributed by atoms with van der Waals surface area (Å²) in [5.41, 5.74) is 1.83. The van der Waals surface area contributed by atoms with E-state index >= 15 is 0 Å². The molecule has 28 heavy (non-hydrogen) atoms. The van der Waals surface area contributed by atoms with Crippen LogP contribution in [0.2, 0.25) is 0 Å². The highest BCUT2D eigenvalue weighted by molar-refractivity contribution is 5.31. The van der Waals surface area contributed by atoms with Gasteiger partial charge in [0.15, 0.2) is 0 Å². The topological polar surface area (TPSA) is 3.24 Å². The Morgan fingerprint density at radius 3 is 2.46 bits per heavy atom. The zero-order chi connectivity index (χ0) is 19.7. The lowest BCUT2D eigenvalue weighted by Gasteiger charge is -2.45. The number of alkyl halides is 3. The third-order valence-corrected chi connectivity index (χ3v) is 5.86. The summed E-state index contributed by atoms with van der Waals surface area (Å²) in [5, 5.41) is 0. The fourth-order valence-electron chi connectivity index (χ4n) is 4.49. The molecule has 2 aromatic carbocycles. The molecule has 2 unspecified atom stereocenters. The molecular formula is C23H23F4N. The van der Waals surface area contributed by atoms with E-state index in [0.29, 0.717) is 30.1 Å². The molecule has 4 rings (SSSR count). The molecule has 2 atom stereocenters. The molecule has 2 bridgehead atoms. The third-order valence-electron chi connectivity index (χ3n) is 5.86. The molecule has 0 aromatic heterocycles. The summed E-state index contributed by atoms with van der Waals surface area (Å²) in [4.78, 5) is 2.52. The van der Waals surface area contributed by atoms with Crippen LogP contribution in [-0.4, -0.2) is 17.0 Å². The van der Waals surface area contributed by atoms with E-state index in [2.05, 4.69) is 23.1 Å². The molecule has 0 saturated carbocycles. The summed E-state index contributed by atoms with van der Waals surface area (Å²) in [6, 6.07) is 14.0. The lowest BCUT2D eigenvalue weighted by atomic mass is 9.82.